The number of aromatic nitrogens is 3. The molecule has 1 amide bonds. The Morgan fingerprint density at radius 1 is 1.35 bits per heavy atom. The van der Waals surface area contributed by atoms with Crippen LogP contribution < -0.4 is 5.32 Å². The van der Waals surface area contributed by atoms with Gasteiger partial charge in [-0.25, -0.2) is 4.98 Å². The molecule has 2 aromatic heterocycles. The largest absolute Gasteiger partial charge is 0.369 e. The Morgan fingerprint density at radius 3 is 2.91 bits per heavy atom. The average Bonchev–Trinajstić information content (AvgIpc) is 3.23. The van der Waals surface area contributed by atoms with Gasteiger partial charge >= 0.3 is 0 Å². The monoisotopic (exact) mass is 313 g/mol. The van der Waals surface area contributed by atoms with Crippen LogP contribution in [0.4, 0.5) is 5.82 Å². The Bertz CT molecular complexity index is 661. The third-order valence-corrected chi connectivity index (χ3v) is 4.12. The molecule has 0 atom stereocenters. The molecule has 23 heavy (non-hydrogen) atoms. The van der Waals surface area contributed by atoms with Crippen LogP contribution in [0.5, 0.6) is 0 Å². The van der Waals surface area contributed by atoms with Gasteiger partial charge in [-0.2, -0.15) is 5.10 Å². The molecule has 3 heterocycles. The van der Waals surface area contributed by atoms with Crippen molar-refractivity contribution in [2.75, 3.05) is 25.0 Å². The molecule has 3 rings (SSSR count). The van der Waals surface area contributed by atoms with Crippen molar-refractivity contribution < 1.29 is 4.79 Å². The zero-order chi connectivity index (χ0) is 16.1. The average molecular weight is 313 g/mol. The predicted molar refractivity (Wildman–Crippen MR) is 89.4 cm³/mol. The molecule has 0 aliphatic carbocycles. The minimum atomic E-state index is 0.0883. The molecule has 1 N–H and O–H groups in total. The molecular weight excluding hydrogens is 290 g/mol. The van der Waals surface area contributed by atoms with Crippen molar-refractivity contribution in [1.82, 2.24) is 19.7 Å². The van der Waals surface area contributed by atoms with E-state index in [-0.39, 0.29) is 5.91 Å². The van der Waals surface area contributed by atoms with E-state index in [0.717, 1.165) is 45.3 Å². The van der Waals surface area contributed by atoms with E-state index in [1.165, 1.54) is 5.56 Å². The number of hydrogen-bond acceptors (Lipinski definition) is 4. The van der Waals surface area contributed by atoms with E-state index in [0.29, 0.717) is 11.4 Å². The summed E-state index contributed by atoms with van der Waals surface area (Å²) < 4.78 is 1.81. The van der Waals surface area contributed by atoms with Crippen LogP contribution in [0.25, 0.3) is 0 Å². The van der Waals surface area contributed by atoms with Gasteiger partial charge in [0.1, 0.15) is 5.82 Å². The topological polar surface area (TPSA) is 63.1 Å². The van der Waals surface area contributed by atoms with Crippen molar-refractivity contribution in [3.05, 3.63) is 41.9 Å². The minimum absolute atomic E-state index is 0.0883. The van der Waals surface area contributed by atoms with Crippen molar-refractivity contribution in [3.63, 3.8) is 0 Å². The predicted octanol–water partition coefficient (Wildman–Crippen LogP) is 2.10. The lowest BCUT2D eigenvalue weighted by Gasteiger charge is -2.17. The van der Waals surface area contributed by atoms with Crippen molar-refractivity contribution in [2.45, 2.75) is 25.7 Å². The number of nitrogens with zero attached hydrogens (tertiary/aromatic N) is 4. The second-order valence-electron chi connectivity index (χ2n) is 5.95. The van der Waals surface area contributed by atoms with Crippen molar-refractivity contribution in [1.29, 1.82) is 0 Å². The smallest absolute Gasteiger partial charge is 0.257 e. The van der Waals surface area contributed by atoms with Crippen LogP contribution in [0, 0.1) is 0 Å². The number of carbonyl (C=O) groups is 1. The second kappa shape index (κ2) is 7.26. The van der Waals surface area contributed by atoms with Gasteiger partial charge < -0.3 is 10.2 Å². The number of anilines is 1. The van der Waals surface area contributed by atoms with Gasteiger partial charge in [0.2, 0.25) is 0 Å². The standard InChI is InChI=1S/C17H23N5O/c1-21-13-14(12-20-21)6-4-8-18-16-15(7-5-9-19-16)17(23)22-10-2-3-11-22/h5,7,9,12-13H,2-4,6,8,10-11H2,1H3,(H,18,19). The second-order valence-corrected chi connectivity index (χ2v) is 5.95. The Labute approximate surface area is 136 Å². The number of rotatable bonds is 6. The lowest BCUT2D eigenvalue weighted by molar-refractivity contribution is 0.0793. The Hall–Kier alpha value is -2.37. The van der Waals surface area contributed by atoms with Crippen LogP contribution in [-0.4, -0.2) is 45.2 Å². The van der Waals surface area contributed by atoms with E-state index >= 15 is 0 Å². The molecule has 0 aromatic carbocycles. The first-order chi connectivity index (χ1) is 11.2. The zero-order valence-electron chi connectivity index (χ0n) is 13.5. The first-order valence-corrected chi connectivity index (χ1v) is 8.20. The summed E-state index contributed by atoms with van der Waals surface area (Å²) in [6, 6.07) is 3.68. The Balaban J connectivity index is 1.56. The molecule has 2 aromatic rings. The highest BCUT2D eigenvalue weighted by Crippen LogP contribution is 2.18. The highest BCUT2D eigenvalue weighted by Gasteiger charge is 2.22. The maximum atomic E-state index is 12.6. The van der Waals surface area contributed by atoms with E-state index in [9.17, 15) is 4.79 Å². The van der Waals surface area contributed by atoms with Gasteiger partial charge in [-0.15, -0.1) is 0 Å². The van der Waals surface area contributed by atoms with Crippen molar-refractivity contribution >= 4 is 11.7 Å². The number of carbonyl (C=O) groups excluding carboxylic acids is 1. The molecule has 1 fully saturated rings. The quantitative estimate of drug-likeness (QED) is 0.830. The van der Waals surface area contributed by atoms with Gasteiger partial charge in [-0.3, -0.25) is 9.48 Å². The van der Waals surface area contributed by atoms with Gasteiger partial charge in [0.15, 0.2) is 0 Å². The summed E-state index contributed by atoms with van der Waals surface area (Å²) in [5.74, 6) is 0.779. The number of hydrogen-bond donors (Lipinski definition) is 1. The summed E-state index contributed by atoms with van der Waals surface area (Å²) in [6.07, 6.45) is 9.78. The van der Waals surface area contributed by atoms with Gasteiger partial charge in [-0.05, 0) is 43.4 Å². The summed E-state index contributed by atoms with van der Waals surface area (Å²) in [7, 11) is 1.92. The fraction of sp³-hybridized carbons (Fsp3) is 0.471. The number of likely N-dealkylation sites (tertiary alicyclic amines) is 1. The van der Waals surface area contributed by atoms with Crippen LogP contribution >= 0.6 is 0 Å². The first-order valence-electron chi connectivity index (χ1n) is 8.20. The van der Waals surface area contributed by atoms with Crippen molar-refractivity contribution in [3.8, 4) is 0 Å². The fourth-order valence-electron chi connectivity index (χ4n) is 2.91. The molecular formula is C17H23N5O. The van der Waals surface area contributed by atoms with Crippen LogP contribution in [0.2, 0.25) is 0 Å². The molecule has 6 heteroatoms. The van der Waals surface area contributed by atoms with Gasteiger partial charge in [-0.1, -0.05) is 0 Å². The SMILES string of the molecule is Cn1cc(CCCNc2ncccc2C(=O)N2CCCC2)cn1. The lowest BCUT2D eigenvalue weighted by atomic mass is 10.2. The van der Waals surface area contributed by atoms with E-state index < -0.39 is 0 Å². The lowest BCUT2D eigenvalue weighted by Crippen LogP contribution is -2.28. The van der Waals surface area contributed by atoms with E-state index in [4.69, 9.17) is 0 Å². The number of nitrogens with one attached hydrogen (secondary N) is 1. The van der Waals surface area contributed by atoms with Crippen LogP contribution in [0.1, 0.15) is 35.2 Å². The van der Waals surface area contributed by atoms with Crippen LogP contribution in [-0.2, 0) is 13.5 Å². The number of pyridine rings is 1. The Kier molecular flexibility index (Phi) is 4.90. The highest BCUT2D eigenvalue weighted by atomic mass is 16.2. The molecule has 1 saturated heterocycles. The summed E-state index contributed by atoms with van der Waals surface area (Å²) in [5, 5.41) is 7.48. The highest BCUT2D eigenvalue weighted by molar-refractivity contribution is 5.98. The zero-order valence-corrected chi connectivity index (χ0v) is 13.5. The molecule has 0 spiro atoms. The molecule has 6 nitrogen and oxygen atoms in total. The normalized spacial score (nSPS) is 14.2. The Morgan fingerprint density at radius 2 is 2.17 bits per heavy atom. The number of amides is 1. The molecule has 122 valence electrons. The fourth-order valence-corrected chi connectivity index (χ4v) is 2.91. The molecule has 0 saturated carbocycles. The van der Waals surface area contributed by atoms with E-state index in [1.54, 1.807) is 6.20 Å². The maximum absolute atomic E-state index is 12.6. The maximum Gasteiger partial charge on any atom is 0.257 e. The van der Waals surface area contributed by atoms with E-state index in [2.05, 4.69) is 15.4 Å². The summed E-state index contributed by atoms with van der Waals surface area (Å²) in [5.41, 5.74) is 1.90. The van der Waals surface area contributed by atoms with Gasteiger partial charge in [0.05, 0.1) is 11.8 Å². The van der Waals surface area contributed by atoms with Gasteiger partial charge in [0.25, 0.3) is 5.91 Å². The summed E-state index contributed by atoms with van der Waals surface area (Å²) >= 11 is 0. The molecule has 0 bridgehead atoms. The first kappa shape index (κ1) is 15.5. The van der Waals surface area contributed by atoms with Crippen molar-refractivity contribution in [2.24, 2.45) is 7.05 Å². The summed E-state index contributed by atoms with van der Waals surface area (Å²) in [6.45, 7) is 2.49. The van der Waals surface area contributed by atoms with E-state index in [1.807, 2.05) is 41.2 Å². The third-order valence-electron chi connectivity index (χ3n) is 4.12. The number of aryl methyl sites for hydroxylation is 2. The molecule has 1 aliphatic rings. The van der Waals surface area contributed by atoms with Crippen LogP contribution in [0.15, 0.2) is 30.7 Å². The van der Waals surface area contributed by atoms with Crippen LogP contribution in [0.3, 0.4) is 0 Å². The minimum Gasteiger partial charge on any atom is -0.369 e. The molecule has 0 unspecified atom stereocenters. The van der Waals surface area contributed by atoms with Gasteiger partial charge in [0, 0.05) is 39.1 Å². The molecule has 1 aliphatic heterocycles. The molecule has 0 radical (unpaired) electrons. The summed E-state index contributed by atoms with van der Waals surface area (Å²) in [4.78, 5) is 18.8. The third kappa shape index (κ3) is 3.88.